The molecule has 3 amide bonds. The van der Waals surface area contributed by atoms with Crippen molar-refractivity contribution in [1.82, 2.24) is 35.9 Å². The Balaban J connectivity index is 0.906. The summed E-state index contributed by atoms with van der Waals surface area (Å²) in [6.07, 6.45) is 1.83. The molecule has 2 aliphatic rings. The third-order valence-corrected chi connectivity index (χ3v) is 9.64. The number of nitrogens with one attached hydrogen (secondary N) is 5. The van der Waals surface area contributed by atoms with Crippen LogP contribution in [0.4, 0.5) is 20.4 Å². The van der Waals surface area contributed by atoms with Gasteiger partial charge < -0.3 is 41.6 Å². The lowest BCUT2D eigenvalue weighted by Gasteiger charge is -2.18. The molecule has 1 atom stereocenters. The zero-order chi connectivity index (χ0) is 44.2. The Morgan fingerprint density at radius 3 is 2.39 bits per heavy atom. The van der Waals surface area contributed by atoms with Crippen LogP contribution in [-0.2, 0) is 11.3 Å². The number of carboxylic acid groups (broad SMARTS) is 1. The molecule has 1 aliphatic heterocycles. The second-order valence-corrected chi connectivity index (χ2v) is 14.1. The maximum absolute atomic E-state index is 14.6. The maximum atomic E-state index is 14.6. The molecular weight excluding hydrogens is 813 g/mol. The van der Waals surface area contributed by atoms with E-state index in [9.17, 15) is 47.8 Å². The van der Waals surface area contributed by atoms with Gasteiger partial charge in [0.15, 0.2) is 28.5 Å². The number of nitrogens with zero attached hydrogens (tertiary/aromatic N) is 3. The number of phenols is 1. The van der Waals surface area contributed by atoms with Gasteiger partial charge in [-0.2, -0.15) is 4.98 Å². The van der Waals surface area contributed by atoms with Gasteiger partial charge in [0.05, 0.1) is 24.0 Å². The van der Waals surface area contributed by atoms with Gasteiger partial charge in [-0.3, -0.25) is 29.0 Å². The highest BCUT2D eigenvalue weighted by molar-refractivity contribution is 6.09. The van der Waals surface area contributed by atoms with E-state index in [1.54, 1.807) is 31.2 Å². The molecule has 0 saturated heterocycles. The first-order valence-corrected chi connectivity index (χ1v) is 18.8. The Labute approximate surface area is 347 Å². The van der Waals surface area contributed by atoms with Crippen molar-refractivity contribution in [2.75, 3.05) is 24.1 Å². The summed E-state index contributed by atoms with van der Waals surface area (Å²) >= 11 is 0. The minimum Gasteiger partial charge on any atom is -0.505 e. The molecule has 0 fully saturated rings. The molecule has 3 heterocycles. The van der Waals surface area contributed by atoms with E-state index in [0.29, 0.717) is 23.4 Å². The van der Waals surface area contributed by atoms with Crippen molar-refractivity contribution in [3.8, 4) is 28.2 Å². The lowest BCUT2D eigenvalue weighted by Crippen LogP contribution is -2.36. The molecule has 0 unspecified atom stereocenters. The average Bonchev–Trinajstić information content (AvgIpc) is 3.24. The van der Waals surface area contributed by atoms with E-state index in [1.165, 1.54) is 18.3 Å². The number of aromatic amines is 1. The highest BCUT2D eigenvalue weighted by Crippen LogP contribution is 2.43. The van der Waals surface area contributed by atoms with Gasteiger partial charge in [0.2, 0.25) is 17.3 Å². The highest BCUT2D eigenvalue weighted by Gasteiger charge is 2.25. The Hall–Kier alpha value is -8.29. The first-order chi connectivity index (χ1) is 29.6. The fourth-order valence-corrected chi connectivity index (χ4v) is 6.55. The van der Waals surface area contributed by atoms with E-state index in [1.807, 2.05) is 0 Å². The van der Waals surface area contributed by atoms with Crippen LogP contribution < -0.4 is 38.0 Å². The summed E-state index contributed by atoms with van der Waals surface area (Å²) in [6, 6.07) is 13.3. The predicted molar refractivity (Wildman–Crippen MR) is 221 cm³/mol. The minimum absolute atomic E-state index is 0.0266. The van der Waals surface area contributed by atoms with Gasteiger partial charge in [-0.05, 0) is 73.5 Å². The van der Waals surface area contributed by atoms with Crippen LogP contribution in [0.25, 0.3) is 44.6 Å². The summed E-state index contributed by atoms with van der Waals surface area (Å²) in [7, 11) is 0. The normalized spacial score (nSPS) is 11.7. The number of halogens is 2. The average molecular weight is 848 g/mol. The molecule has 9 N–H and O–H groups in total. The van der Waals surface area contributed by atoms with Crippen LogP contribution in [0.1, 0.15) is 56.5 Å². The molecule has 62 heavy (non-hydrogen) atoms. The lowest BCUT2D eigenvalue weighted by atomic mass is 9.89. The lowest BCUT2D eigenvalue weighted by molar-refractivity contribution is -0.121. The summed E-state index contributed by atoms with van der Waals surface area (Å²) in [5, 5.41) is 31.3. The van der Waals surface area contributed by atoms with Crippen LogP contribution in [0.3, 0.4) is 0 Å². The van der Waals surface area contributed by atoms with Gasteiger partial charge in [-0.1, -0.05) is 0 Å². The minimum atomic E-state index is -1.43. The monoisotopic (exact) mass is 847 g/mol. The number of amides is 3. The van der Waals surface area contributed by atoms with E-state index in [4.69, 9.17) is 10.2 Å². The third kappa shape index (κ3) is 9.13. The number of H-pyrrole nitrogens is 1. The molecular formula is C42H35F2N9O9. The second-order valence-electron chi connectivity index (χ2n) is 14.1. The first kappa shape index (κ1) is 41.9. The second kappa shape index (κ2) is 17.5. The number of rotatable bonds is 14. The van der Waals surface area contributed by atoms with E-state index < -0.39 is 40.2 Å². The summed E-state index contributed by atoms with van der Waals surface area (Å²) < 4.78 is 34.9. The maximum Gasteiger partial charge on any atom is 0.336 e. The number of benzene rings is 4. The number of carbonyl (C=O) groups excluding carboxylic acids is 3. The van der Waals surface area contributed by atoms with Crippen molar-refractivity contribution < 1.29 is 42.6 Å². The molecule has 18 nitrogen and oxygen atoms in total. The van der Waals surface area contributed by atoms with Gasteiger partial charge >= 0.3 is 5.97 Å². The van der Waals surface area contributed by atoms with Gasteiger partial charge in [-0.25, -0.2) is 23.5 Å². The smallest absolute Gasteiger partial charge is 0.336 e. The number of fused-ring (bicyclic) bond motifs is 3. The Morgan fingerprint density at radius 1 is 0.887 bits per heavy atom. The van der Waals surface area contributed by atoms with Gasteiger partial charge in [0, 0.05) is 71.0 Å². The largest absolute Gasteiger partial charge is 0.505 e. The topological polar surface area (TPSA) is 285 Å². The number of hydrogen-bond acceptors (Lipinski definition) is 13. The summed E-state index contributed by atoms with van der Waals surface area (Å²) in [6.45, 7) is 1.98. The molecule has 2 aromatic heterocycles. The number of aromatic carboxylic acids is 1. The number of hydrogen-bond donors (Lipinski definition) is 8. The van der Waals surface area contributed by atoms with Gasteiger partial charge in [0.25, 0.3) is 17.4 Å². The SMILES string of the molecule is C[C@H](CCC(=O)NCCNC(=O)c1ccc(C(=O)O)c(-c2c3cc(F)c(=O)cc-3oc3cc(O)c(F)cc23)c1)NC(=O)c1ccc(NCc2cnc3nc(N)[nH]c(=O)c3n2)cc1. The Bertz CT molecular complexity index is 3010. The molecule has 0 saturated carbocycles. The number of phenolic OH excluding ortho intramolecular Hbond substituents is 1. The number of anilines is 2. The third-order valence-electron chi connectivity index (χ3n) is 9.64. The molecule has 5 aromatic rings. The summed E-state index contributed by atoms with van der Waals surface area (Å²) in [5.41, 5.74) is 4.95. The first-order valence-electron chi connectivity index (χ1n) is 18.8. The van der Waals surface area contributed by atoms with Gasteiger partial charge in [-0.15, -0.1) is 0 Å². The standard InChI is InChI=1S/C42H35F2N9O9/c1-19(50-39(58)20-3-6-22(7-4-20)48-17-23-18-49-37-36(51-23)40(59)53-42(45)52-37)2-9-34(56)46-10-11-47-38(57)21-5-8-24(41(60)61)25(12-21)35-26-13-28(43)30(54)15-32(26)62-33-16-31(55)29(44)14-27(33)35/h3-8,12-16,18-19,48,54H,2,9-11,17H2,1H3,(H,46,56)(H,47,57)(H,50,58)(H,60,61)(H3,45,49,52,53,59)/t19-/m1/s1. The van der Waals surface area contributed by atoms with Crippen molar-refractivity contribution in [1.29, 1.82) is 0 Å². The predicted octanol–water partition coefficient (Wildman–Crippen LogP) is 3.91. The molecule has 316 valence electrons. The van der Waals surface area contributed by atoms with Crippen LogP contribution in [0, 0.1) is 11.6 Å². The molecule has 0 spiro atoms. The summed E-state index contributed by atoms with van der Waals surface area (Å²) in [5.74, 6) is -6.08. The number of aromatic hydroxyl groups is 1. The van der Waals surface area contributed by atoms with Crippen LogP contribution >= 0.6 is 0 Å². The quantitative estimate of drug-likeness (QED) is 0.0569. The number of carboxylic acids is 1. The molecule has 0 bridgehead atoms. The van der Waals surface area contributed by atoms with E-state index in [2.05, 4.69) is 41.2 Å². The van der Waals surface area contributed by atoms with Crippen molar-refractivity contribution in [3.05, 3.63) is 128 Å². The number of carbonyl (C=O) groups is 4. The zero-order valence-electron chi connectivity index (χ0n) is 32.5. The zero-order valence-corrected chi connectivity index (χ0v) is 32.5. The molecule has 1 aliphatic carbocycles. The van der Waals surface area contributed by atoms with Crippen molar-refractivity contribution >= 4 is 57.5 Å². The van der Waals surface area contributed by atoms with Crippen LogP contribution in [0.15, 0.2) is 86.9 Å². The van der Waals surface area contributed by atoms with Crippen LogP contribution in [-0.4, -0.2) is 73.0 Å². The Kier molecular flexibility index (Phi) is 11.8. The number of aromatic nitrogens is 4. The summed E-state index contributed by atoms with van der Waals surface area (Å²) in [4.78, 5) is 90.0. The van der Waals surface area contributed by atoms with Crippen LogP contribution in [0.2, 0.25) is 0 Å². The van der Waals surface area contributed by atoms with E-state index in [0.717, 1.165) is 30.3 Å². The fourth-order valence-electron chi connectivity index (χ4n) is 6.55. The molecule has 20 heteroatoms. The van der Waals surface area contributed by atoms with E-state index in [-0.39, 0.29) is 106 Å². The Morgan fingerprint density at radius 2 is 1.63 bits per heavy atom. The molecule has 7 rings (SSSR count). The van der Waals surface area contributed by atoms with Crippen molar-refractivity contribution in [2.45, 2.75) is 32.4 Å². The van der Waals surface area contributed by atoms with Crippen LogP contribution in [0.5, 0.6) is 5.75 Å². The fraction of sp³-hybridized carbons (Fsp3) is 0.167. The van der Waals surface area contributed by atoms with Crippen molar-refractivity contribution in [2.24, 2.45) is 0 Å². The molecule has 3 aromatic carbocycles. The highest BCUT2D eigenvalue weighted by atomic mass is 19.1. The van der Waals surface area contributed by atoms with E-state index >= 15 is 0 Å². The van der Waals surface area contributed by atoms with Crippen molar-refractivity contribution in [3.63, 3.8) is 0 Å². The number of nitrogens with two attached hydrogens (primary N) is 1. The number of nitrogen functional groups attached to an aromatic ring is 1. The molecule has 0 radical (unpaired) electrons. The van der Waals surface area contributed by atoms with Gasteiger partial charge in [0.1, 0.15) is 11.3 Å².